The number of aryl methyl sites for hydroxylation is 1. The SMILES string of the molecule is CN=C(NCc1ccc(S(C)(=O)=O)c(C)c1)NCc1ccc(Cl)cc1OC.I. The molecular weight excluding hydrogens is 513 g/mol. The molecule has 0 bridgehead atoms. The molecule has 2 rings (SSSR count). The highest BCUT2D eigenvalue weighted by Crippen LogP contribution is 2.22. The third-order valence-corrected chi connectivity index (χ3v) is 5.51. The van der Waals surface area contributed by atoms with Gasteiger partial charge in [-0.15, -0.1) is 24.0 Å². The molecule has 0 aliphatic heterocycles. The Hall–Kier alpha value is -1.52. The van der Waals surface area contributed by atoms with Gasteiger partial charge in [0.15, 0.2) is 15.8 Å². The summed E-state index contributed by atoms with van der Waals surface area (Å²) < 4.78 is 28.8. The molecule has 2 aromatic carbocycles. The van der Waals surface area contributed by atoms with Gasteiger partial charge in [0.1, 0.15) is 5.75 Å². The predicted molar refractivity (Wildman–Crippen MR) is 125 cm³/mol. The molecular formula is C19H25ClIN3O3S. The standard InChI is InChI=1S/C19H24ClN3O3S.HI/c1-13-9-14(5-8-18(13)27(4,24)25)11-22-19(21-2)23-12-15-6-7-16(20)10-17(15)26-3;/h5-10H,11-12H2,1-4H3,(H2,21,22,23);1H. The van der Waals surface area contributed by atoms with Crippen molar-refractivity contribution in [3.63, 3.8) is 0 Å². The van der Waals surface area contributed by atoms with E-state index in [0.29, 0.717) is 34.7 Å². The third kappa shape index (κ3) is 6.82. The van der Waals surface area contributed by atoms with Crippen LogP contribution in [0.5, 0.6) is 5.75 Å². The minimum absolute atomic E-state index is 0. The van der Waals surface area contributed by atoms with Gasteiger partial charge in [-0.1, -0.05) is 29.8 Å². The van der Waals surface area contributed by atoms with E-state index in [9.17, 15) is 8.42 Å². The molecule has 0 radical (unpaired) electrons. The molecule has 2 N–H and O–H groups in total. The number of guanidine groups is 1. The molecule has 0 fully saturated rings. The monoisotopic (exact) mass is 537 g/mol. The molecule has 0 spiro atoms. The summed E-state index contributed by atoms with van der Waals surface area (Å²) in [5.41, 5.74) is 2.65. The third-order valence-electron chi connectivity index (χ3n) is 4.02. The number of halogens is 2. The van der Waals surface area contributed by atoms with Gasteiger partial charge in [0, 0.05) is 37.0 Å². The van der Waals surface area contributed by atoms with E-state index in [2.05, 4.69) is 15.6 Å². The van der Waals surface area contributed by atoms with Crippen LogP contribution in [0.3, 0.4) is 0 Å². The Balaban J connectivity index is 0.00000392. The van der Waals surface area contributed by atoms with Gasteiger partial charge in [-0.3, -0.25) is 4.99 Å². The van der Waals surface area contributed by atoms with Crippen LogP contribution in [0.4, 0.5) is 0 Å². The number of hydrogen-bond donors (Lipinski definition) is 2. The molecule has 6 nitrogen and oxygen atoms in total. The zero-order chi connectivity index (χ0) is 20.0. The van der Waals surface area contributed by atoms with Crippen molar-refractivity contribution < 1.29 is 13.2 Å². The van der Waals surface area contributed by atoms with Crippen LogP contribution in [0.25, 0.3) is 0 Å². The van der Waals surface area contributed by atoms with Crippen molar-refractivity contribution in [3.8, 4) is 5.75 Å². The van der Waals surface area contributed by atoms with Crippen molar-refractivity contribution in [1.82, 2.24) is 10.6 Å². The van der Waals surface area contributed by atoms with Crippen LogP contribution in [0.2, 0.25) is 5.02 Å². The largest absolute Gasteiger partial charge is 0.496 e. The van der Waals surface area contributed by atoms with E-state index >= 15 is 0 Å². The molecule has 0 atom stereocenters. The smallest absolute Gasteiger partial charge is 0.191 e. The van der Waals surface area contributed by atoms with Crippen molar-refractivity contribution in [2.45, 2.75) is 24.9 Å². The summed E-state index contributed by atoms with van der Waals surface area (Å²) in [5, 5.41) is 7.05. The lowest BCUT2D eigenvalue weighted by Gasteiger charge is -2.14. The summed E-state index contributed by atoms with van der Waals surface area (Å²) in [5.74, 6) is 1.33. The second-order valence-corrected chi connectivity index (χ2v) is 8.53. The summed E-state index contributed by atoms with van der Waals surface area (Å²) in [4.78, 5) is 4.55. The number of rotatable bonds is 6. The van der Waals surface area contributed by atoms with Crippen LogP contribution in [0.15, 0.2) is 46.3 Å². The highest BCUT2D eigenvalue weighted by atomic mass is 127. The summed E-state index contributed by atoms with van der Waals surface area (Å²) in [6.07, 6.45) is 1.21. The predicted octanol–water partition coefficient (Wildman–Crippen LogP) is 3.54. The minimum Gasteiger partial charge on any atom is -0.496 e. The van der Waals surface area contributed by atoms with E-state index in [0.717, 1.165) is 16.7 Å². The zero-order valence-electron chi connectivity index (χ0n) is 16.2. The number of nitrogens with one attached hydrogen (secondary N) is 2. The molecule has 0 amide bonds. The number of ether oxygens (including phenoxy) is 1. The maximum absolute atomic E-state index is 11.7. The first kappa shape index (κ1) is 24.5. The molecule has 28 heavy (non-hydrogen) atoms. The molecule has 2 aromatic rings. The normalized spacial score (nSPS) is 11.5. The summed E-state index contributed by atoms with van der Waals surface area (Å²) in [6, 6.07) is 10.8. The van der Waals surface area contributed by atoms with Crippen LogP contribution in [0, 0.1) is 6.92 Å². The van der Waals surface area contributed by atoms with E-state index in [1.165, 1.54) is 6.26 Å². The van der Waals surface area contributed by atoms with Gasteiger partial charge in [0.25, 0.3) is 0 Å². The van der Waals surface area contributed by atoms with E-state index in [1.54, 1.807) is 39.3 Å². The minimum atomic E-state index is -3.21. The molecule has 0 unspecified atom stereocenters. The lowest BCUT2D eigenvalue weighted by molar-refractivity contribution is 0.409. The fourth-order valence-electron chi connectivity index (χ4n) is 2.69. The summed E-state index contributed by atoms with van der Waals surface area (Å²) >= 11 is 5.98. The fraction of sp³-hybridized carbons (Fsp3) is 0.316. The van der Waals surface area contributed by atoms with Crippen molar-refractivity contribution in [3.05, 3.63) is 58.1 Å². The van der Waals surface area contributed by atoms with E-state index < -0.39 is 9.84 Å². The van der Waals surface area contributed by atoms with Gasteiger partial charge < -0.3 is 15.4 Å². The van der Waals surface area contributed by atoms with Gasteiger partial charge in [0.05, 0.1) is 12.0 Å². The van der Waals surface area contributed by atoms with Crippen molar-refractivity contribution in [1.29, 1.82) is 0 Å². The molecule has 0 heterocycles. The van der Waals surface area contributed by atoms with Gasteiger partial charge >= 0.3 is 0 Å². The average Bonchev–Trinajstić information content (AvgIpc) is 2.61. The Morgan fingerprint density at radius 3 is 2.39 bits per heavy atom. The Labute approximate surface area is 188 Å². The lowest BCUT2D eigenvalue weighted by Crippen LogP contribution is -2.36. The Kier molecular flexibility index (Phi) is 9.52. The summed E-state index contributed by atoms with van der Waals surface area (Å²) in [6.45, 7) is 2.83. The van der Waals surface area contributed by atoms with Gasteiger partial charge in [0.2, 0.25) is 0 Å². The molecule has 0 saturated heterocycles. The molecule has 154 valence electrons. The highest BCUT2D eigenvalue weighted by molar-refractivity contribution is 14.0. The second-order valence-electron chi connectivity index (χ2n) is 6.11. The van der Waals surface area contributed by atoms with Crippen molar-refractivity contribution in [2.75, 3.05) is 20.4 Å². The van der Waals surface area contributed by atoms with Crippen molar-refractivity contribution >= 4 is 51.4 Å². The van der Waals surface area contributed by atoms with Gasteiger partial charge in [-0.25, -0.2) is 8.42 Å². The highest BCUT2D eigenvalue weighted by Gasteiger charge is 2.11. The van der Waals surface area contributed by atoms with Crippen LogP contribution in [-0.2, 0) is 22.9 Å². The van der Waals surface area contributed by atoms with Crippen LogP contribution < -0.4 is 15.4 Å². The Morgan fingerprint density at radius 1 is 1.14 bits per heavy atom. The number of aliphatic imine (C=N–C) groups is 1. The van der Waals surface area contributed by atoms with Crippen LogP contribution in [0.1, 0.15) is 16.7 Å². The number of benzene rings is 2. The maximum atomic E-state index is 11.7. The van der Waals surface area contributed by atoms with E-state index in [1.807, 2.05) is 18.2 Å². The average molecular weight is 538 g/mol. The maximum Gasteiger partial charge on any atom is 0.191 e. The first-order chi connectivity index (χ1) is 12.7. The first-order valence-electron chi connectivity index (χ1n) is 8.31. The number of nitrogens with zero attached hydrogens (tertiary/aromatic N) is 1. The number of hydrogen-bond acceptors (Lipinski definition) is 4. The molecule has 0 aromatic heterocycles. The Morgan fingerprint density at radius 2 is 1.82 bits per heavy atom. The van der Waals surface area contributed by atoms with Gasteiger partial charge in [-0.2, -0.15) is 0 Å². The Bertz CT molecular complexity index is 949. The number of methoxy groups -OCH3 is 1. The number of sulfone groups is 1. The van der Waals surface area contributed by atoms with Crippen molar-refractivity contribution in [2.24, 2.45) is 4.99 Å². The quantitative estimate of drug-likeness (QED) is 0.335. The van der Waals surface area contributed by atoms with E-state index in [-0.39, 0.29) is 24.0 Å². The molecule has 0 aliphatic rings. The van der Waals surface area contributed by atoms with Gasteiger partial charge in [-0.05, 0) is 36.2 Å². The van der Waals surface area contributed by atoms with Crippen LogP contribution >= 0.6 is 35.6 Å². The molecule has 0 aliphatic carbocycles. The molecule has 0 saturated carbocycles. The molecule has 9 heteroatoms. The fourth-order valence-corrected chi connectivity index (χ4v) is 3.81. The first-order valence-corrected chi connectivity index (χ1v) is 10.6. The lowest BCUT2D eigenvalue weighted by atomic mass is 10.1. The van der Waals surface area contributed by atoms with E-state index in [4.69, 9.17) is 16.3 Å². The second kappa shape index (κ2) is 10.9. The summed E-state index contributed by atoms with van der Waals surface area (Å²) in [7, 11) is 0.0759. The zero-order valence-corrected chi connectivity index (χ0v) is 20.1. The van der Waals surface area contributed by atoms with Crippen LogP contribution in [-0.4, -0.2) is 34.8 Å². The topological polar surface area (TPSA) is 79.8 Å².